The third-order valence-corrected chi connectivity index (χ3v) is 2.39. The molecule has 4 nitrogen and oxygen atoms in total. The average Bonchev–Trinajstić information content (AvgIpc) is 2.99. The number of pyridine rings is 1. The fourth-order valence-corrected chi connectivity index (χ4v) is 1.55. The summed E-state index contributed by atoms with van der Waals surface area (Å²) < 4.78 is 0. The number of nitrogens with zero attached hydrogens (tertiary/aromatic N) is 2. The van der Waals surface area contributed by atoms with Crippen LogP contribution in [0.2, 0.25) is 0 Å². The summed E-state index contributed by atoms with van der Waals surface area (Å²) in [6.45, 7) is 0.824. The largest absolute Gasteiger partial charge is 0.397 e. The number of aliphatic hydroxyl groups excluding tert-OH is 1. The van der Waals surface area contributed by atoms with Gasteiger partial charge in [-0.2, -0.15) is 0 Å². The Bertz CT molecular complexity index is 295. The van der Waals surface area contributed by atoms with Crippen LogP contribution in [0.25, 0.3) is 0 Å². The maximum absolute atomic E-state index is 8.94. The monoisotopic (exact) mass is 193 g/mol. The third kappa shape index (κ3) is 1.96. The van der Waals surface area contributed by atoms with Gasteiger partial charge in [-0.15, -0.1) is 0 Å². The first-order valence-corrected chi connectivity index (χ1v) is 4.90. The zero-order chi connectivity index (χ0) is 9.97. The van der Waals surface area contributed by atoms with Gasteiger partial charge >= 0.3 is 0 Å². The molecule has 1 heterocycles. The van der Waals surface area contributed by atoms with Crippen molar-refractivity contribution in [3.63, 3.8) is 0 Å². The summed E-state index contributed by atoms with van der Waals surface area (Å²) in [7, 11) is 0. The van der Waals surface area contributed by atoms with Gasteiger partial charge in [0.1, 0.15) is 5.82 Å². The number of rotatable bonds is 4. The van der Waals surface area contributed by atoms with Gasteiger partial charge in [0.25, 0.3) is 0 Å². The molecule has 0 aliphatic heterocycles. The van der Waals surface area contributed by atoms with E-state index >= 15 is 0 Å². The second kappa shape index (κ2) is 3.84. The molecule has 1 fully saturated rings. The first-order chi connectivity index (χ1) is 6.81. The summed E-state index contributed by atoms with van der Waals surface area (Å²) in [4.78, 5) is 6.39. The van der Waals surface area contributed by atoms with Crippen molar-refractivity contribution in [1.82, 2.24) is 4.98 Å². The number of hydrogen-bond donors (Lipinski definition) is 2. The van der Waals surface area contributed by atoms with Gasteiger partial charge in [-0.3, -0.25) is 0 Å². The standard InChI is InChI=1S/C10H15N3O/c11-8-1-4-10(12-7-8)13(5-6-14)9-2-3-9/h1,4,7,9,14H,2-3,5-6,11H2. The molecule has 3 N–H and O–H groups in total. The molecule has 1 saturated carbocycles. The fourth-order valence-electron chi connectivity index (χ4n) is 1.55. The van der Waals surface area contributed by atoms with E-state index in [9.17, 15) is 0 Å². The van der Waals surface area contributed by atoms with Crippen molar-refractivity contribution >= 4 is 11.5 Å². The molecular weight excluding hydrogens is 178 g/mol. The minimum atomic E-state index is 0.169. The first kappa shape index (κ1) is 9.27. The molecule has 0 saturated heterocycles. The molecule has 1 aliphatic carbocycles. The SMILES string of the molecule is Nc1ccc(N(CCO)C2CC2)nc1. The van der Waals surface area contributed by atoms with Crippen LogP contribution in [0, 0.1) is 0 Å². The van der Waals surface area contributed by atoms with Crippen molar-refractivity contribution < 1.29 is 5.11 Å². The van der Waals surface area contributed by atoms with E-state index in [1.165, 1.54) is 12.8 Å². The van der Waals surface area contributed by atoms with Crippen molar-refractivity contribution in [3.8, 4) is 0 Å². The van der Waals surface area contributed by atoms with Gasteiger partial charge in [-0.25, -0.2) is 4.98 Å². The molecule has 4 heteroatoms. The number of nitrogen functional groups attached to an aromatic ring is 1. The fraction of sp³-hybridized carbons (Fsp3) is 0.500. The van der Waals surface area contributed by atoms with Crippen molar-refractivity contribution in [2.24, 2.45) is 0 Å². The number of anilines is 2. The van der Waals surface area contributed by atoms with Gasteiger partial charge in [0.05, 0.1) is 18.5 Å². The van der Waals surface area contributed by atoms with Crippen molar-refractivity contribution in [1.29, 1.82) is 0 Å². The van der Waals surface area contributed by atoms with Crippen LogP contribution in [0.15, 0.2) is 18.3 Å². The van der Waals surface area contributed by atoms with Crippen molar-refractivity contribution in [3.05, 3.63) is 18.3 Å². The zero-order valence-electron chi connectivity index (χ0n) is 8.06. The highest BCUT2D eigenvalue weighted by molar-refractivity contribution is 5.47. The maximum atomic E-state index is 8.94. The Labute approximate surface area is 83.4 Å². The van der Waals surface area contributed by atoms with Gasteiger partial charge in [0, 0.05) is 12.6 Å². The van der Waals surface area contributed by atoms with Crippen LogP contribution in [-0.4, -0.2) is 29.3 Å². The topological polar surface area (TPSA) is 62.4 Å². The quantitative estimate of drug-likeness (QED) is 0.736. The molecule has 0 aromatic carbocycles. The minimum Gasteiger partial charge on any atom is -0.397 e. The van der Waals surface area contributed by atoms with Crippen LogP contribution in [0.4, 0.5) is 11.5 Å². The van der Waals surface area contributed by atoms with Crippen LogP contribution in [0.3, 0.4) is 0 Å². The van der Waals surface area contributed by atoms with Crippen LogP contribution in [-0.2, 0) is 0 Å². The molecule has 2 rings (SSSR count). The molecule has 0 atom stereocenters. The molecule has 14 heavy (non-hydrogen) atoms. The molecule has 1 aromatic heterocycles. The number of aromatic nitrogens is 1. The van der Waals surface area contributed by atoms with E-state index in [0.717, 1.165) is 5.82 Å². The Morgan fingerprint density at radius 2 is 2.29 bits per heavy atom. The Morgan fingerprint density at radius 1 is 1.50 bits per heavy atom. The summed E-state index contributed by atoms with van der Waals surface area (Å²) in [6, 6.07) is 4.32. The number of aliphatic hydroxyl groups is 1. The summed E-state index contributed by atoms with van der Waals surface area (Å²) in [5, 5.41) is 8.94. The van der Waals surface area contributed by atoms with E-state index in [1.54, 1.807) is 6.20 Å². The van der Waals surface area contributed by atoms with E-state index < -0.39 is 0 Å². The summed E-state index contributed by atoms with van der Waals surface area (Å²) in [6.07, 6.45) is 4.06. The average molecular weight is 193 g/mol. The zero-order valence-corrected chi connectivity index (χ0v) is 8.06. The number of hydrogen-bond acceptors (Lipinski definition) is 4. The first-order valence-electron chi connectivity index (χ1n) is 4.90. The summed E-state index contributed by atoms with van der Waals surface area (Å²) >= 11 is 0. The summed E-state index contributed by atoms with van der Waals surface area (Å²) in [5.74, 6) is 0.913. The smallest absolute Gasteiger partial charge is 0.128 e. The third-order valence-electron chi connectivity index (χ3n) is 2.39. The van der Waals surface area contributed by atoms with Crippen LogP contribution in [0.5, 0.6) is 0 Å². The van der Waals surface area contributed by atoms with Gasteiger partial charge in [-0.05, 0) is 25.0 Å². The predicted octanol–water partition coefficient (Wildman–Crippen LogP) is 0.625. The highest BCUT2D eigenvalue weighted by Gasteiger charge is 2.29. The Kier molecular flexibility index (Phi) is 2.54. The lowest BCUT2D eigenvalue weighted by atomic mass is 10.3. The molecule has 0 unspecified atom stereocenters. The second-order valence-corrected chi connectivity index (χ2v) is 3.60. The Hall–Kier alpha value is -1.29. The van der Waals surface area contributed by atoms with Crippen LogP contribution in [0.1, 0.15) is 12.8 Å². The highest BCUT2D eigenvalue weighted by atomic mass is 16.3. The normalized spacial score (nSPS) is 15.5. The highest BCUT2D eigenvalue weighted by Crippen LogP contribution is 2.30. The van der Waals surface area contributed by atoms with Gasteiger partial charge in [0.15, 0.2) is 0 Å². The molecule has 1 aromatic rings. The molecule has 0 spiro atoms. The van der Waals surface area contributed by atoms with Gasteiger partial charge in [-0.1, -0.05) is 0 Å². The van der Waals surface area contributed by atoms with E-state index in [4.69, 9.17) is 10.8 Å². The second-order valence-electron chi connectivity index (χ2n) is 3.60. The lowest BCUT2D eigenvalue weighted by Crippen LogP contribution is -2.29. The van der Waals surface area contributed by atoms with E-state index in [0.29, 0.717) is 18.3 Å². The molecule has 0 amide bonds. The lowest BCUT2D eigenvalue weighted by Gasteiger charge is -2.22. The van der Waals surface area contributed by atoms with Crippen molar-refractivity contribution in [2.45, 2.75) is 18.9 Å². The van der Waals surface area contributed by atoms with E-state index in [1.807, 2.05) is 12.1 Å². The van der Waals surface area contributed by atoms with Gasteiger partial charge in [0.2, 0.25) is 0 Å². The Balaban J connectivity index is 2.13. The lowest BCUT2D eigenvalue weighted by molar-refractivity contribution is 0.301. The van der Waals surface area contributed by atoms with E-state index in [-0.39, 0.29) is 6.61 Å². The van der Waals surface area contributed by atoms with Crippen LogP contribution >= 0.6 is 0 Å². The maximum Gasteiger partial charge on any atom is 0.128 e. The van der Waals surface area contributed by atoms with Crippen LogP contribution < -0.4 is 10.6 Å². The summed E-state index contributed by atoms with van der Waals surface area (Å²) in [5.41, 5.74) is 6.24. The Morgan fingerprint density at radius 3 is 2.79 bits per heavy atom. The predicted molar refractivity (Wildman–Crippen MR) is 56.1 cm³/mol. The van der Waals surface area contributed by atoms with Crippen molar-refractivity contribution in [2.75, 3.05) is 23.8 Å². The molecule has 1 aliphatic rings. The molecule has 0 radical (unpaired) electrons. The minimum absolute atomic E-state index is 0.169. The molecular formula is C10H15N3O. The number of nitrogens with two attached hydrogens (primary N) is 1. The van der Waals surface area contributed by atoms with E-state index in [2.05, 4.69) is 9.88 Å². The molecule has 76 valence electrons. The van der Waals surface area contributed by atoms with Gasteiger partial charge < -0.3 is 15.7 Å². The molecule has 0 bridgehead atoms.